The molecule has 0 saturated carbocycles. The van der Waals surface area contributed by atoms with Crippen LogP contribution in [0.5, 0.6) is 0 Å². The molecule has 0 aliphatic heterocycles. The molecule has 2 heteroatoms. The second-order valence-corrected chi connectivity index (χ2v) is 4.69. The van der Waals surface area contributed by atoms with Crippen molar-refractivity contribution in [3.05, 3.63) is 40.7 Å². The van der Waals surface area contributed by atoms with E-state index >= 15 is 0 Å². The van der Waals surface area contributed by atoms with Crippen LogP contribution in [0.3, 0.4) is 0 Å². The Bertz CT molecular complexity index is 387. The summed E-state index contributed by atoms with van der Waals surface area (Å²) < 4.78 is 0. The zero-order chi connectivity index (χ0) is 11.5. The molecule has 86 valence electrons. The molecule has 2 rings (SSSR count). The number of rotatable bonds is 2. The number of aromatic nitrogens is 1. The van der Waals surface area contributed by atoms with Gasteiger partial charge in [0.05, 0.1) is 6.04 Å². The number of hydrogen-bond donors (Lipinski definition) is 1. The van der Waals surface area contributed by atoms with Crippen LogP contribution in [0.25, 0.3) is 0 Å². The summed E-state index contributed by atoms with van der Waals surface area (Å²) in [5, 5.41) is 0. The molecule has 1 aliphatic rings. The van der Waals surface area contributed by atoms with Crippen molar-refractivity contribution in [1.29, 1.82) is 0 Å². The van der Waals surface area contributed by atoms with E-state index < -0.39 is 0 Å². The van der Waals surface area contributed by atoms with E-state index in [1.54, 1.807) is 0 Å². The van der Waals surface area contributed by atoms with Gasteiger partial charge >= 0.3 is 0 Å². The first-order valence-electron chi connectivity index (χ1n) is 6.06. The van der Waals surface area contributed by atoms with Crippen molar-refractivity contribution in [3.63, 3.8) is 0 Å². The summed E-state index contributed by atoms with van der Waals surface area (Å²) in [7, 11) is 0. The molecule has 1 aliphatic carbocycles. The largest absolute Gasteiger partial charge is 0.321 e. The molecular formula is C14H20N2. The van der Waals surface area contributed by atoms with Crippen LogP contribution in [0, 0.1) is 13.8 Å². The second-order valence-electron chi connectivity index (χ2n) is 4.69. The van der Waals surface area contributed by atoms with Gasteiger partial charge in [0, 0.05) is 11.4 Å². The minimum absolute atomic E-state index is 0.0701. The molecule has 0 spiro atoms. The van der Waals surface area contributed by atoms with Gasteiger partial charge in [-0.3, -0.25) is 4.98 Å². The highest BCUT2D eigenvalue weighted by Gasteiger charge is 2.14. The van der Waals surface area contributed by atoms with E-state index in [1.807, 2.05) is 13.8 Å². The fourth-order valence-electron chi connectivity index (χ4n) is 2.41. The van der Waals surface area contributed by atoms with E-state index in [0.717, 1.165) is 17.8 Å². The summed E-state index contributed by atoms with van der Waals surface area (Å²) in [6.45, 7) is 4.05. The predicted octanol–water partition coefficient (Wildman–Crippen LogP) is 3.20. The SMILES string of the molecule is Cc1cc(C(N)C2=CCCCC2)cc(C)n1. The van der Waals surface area contributed by atoms with E-state index in [0.29, 0.717) is 0 Å². The van der Waals surface area contributed by atoms with Crippen LogP contribution in [0.4, 0.5) is 0 Å². The normalized spacial score (nSPS) is 18.1. The van der Waals surface area contributed by atoms with E-state index in [1.165, 1.54) is 30.4 Å². The highest BCUT2D eigenvalue weighted by molar-refractivity contribution is 5.30. The lowest BCUT2D eigenvalue weighted by atomic mass is 9.90. The molecule has 16 heavy (non-hydrogen) atoms. The Labute approximate surface area is 97.6 Å². The van der Waals surface area contributed by atoms with Gasteiger partial charge in [0.1, 0.15) is 0 Å². The third kappa shape index (κ3) is 2.50. The maximum Gasteiger partial charge on any atom is 0.0512 e. The maximum absolute atomic E-state index is 6.31. The maximum atomic E-state index is 6.31. The molecule has 1 aromatic rings. The molecule has 1 unspecified atom stereocenters. The van der Waals surface area contributed by atoms with Gasteiger partial charge < -0.3 is 5.73 Å². The van der Waals surface area contributed by atoms with Gasteiger partial charge in [-0.25, -0.2) is 0 Å². The van der Waals surface area contributed by atoms with Crippen molar-refractivity contribution in [2.75, 3.05) is 0 Å². The number of aryl methyl sites for hydroxylation is 2. The number of hydrogen-bond acceptors (Lipinski definition) is 2. The quantitative estimate of drug-likeness (QED) is 0.771. The van der Waals surface area contributed by atoms with Crippen LogP contribution in [-0.4, -0.2) is 4.98 Å². The van der Waals surface area contributed by atoms with E-state index in [9.17, 15) is 0 Å². The van der Waals surface area contributed by atoms with Crippen LogP contribution in [0.15, 0.2) is 23.8 Å². The lowest BCUT2D eigenvalue weighted by molar-refractivity contribution is 0.647. The van der Waals surface area contributed by atoms with Gasteiger partial charge in [-0.2, -0.15) is 0 Å². The number of nitrogens with zero attached hydrogens (tertiary/aromatic N) is 1. The van der Waals surface area contributed by atoms with Crippen molar-refractivity contribution in [2.24, 2.45) is 5.73 Å². The summed E-state index contributed by atoms with van der Waals surface area (Å²) in [5.41, 5.74) is 11.0. The monoisotopic (exact) mass is 216 g/mol. The van der Waals surface area contributed by atoms with Crippen molar-refractivity contribution in [3.8, 4) is 0 Å². The van der Waals surface area contributed by atoms with E-state index in [2.05, 4.69) is 23.2 Å². The first-order valence-corrected chi connectivity index (χ1v) is 6.06. The number of allylic oxidation sites excluding steroid dienone is 1. The molecule has 0 fully saturated rings. The molecule has 1 atom stereocenters. The van der Waals surface area contributed by atoms with Crippen LogP contribution < -0.4 is 5.73 Å². The Morgan fingerprint density at radius 2 is 1.88 bits per heavy atom. The van der Waals surface area contributed by atoms with Crippen molar-refractivity contribution >= 4 is 0 Å². The van der Waals surface area contributed by atoms with Gasteiger partial charge in [0.15, 0.2) is 0 Å². The molecule has 1 heterocycles. The summed E-state index contributed by atoms with van der Waals surface area (Å²) >= 11 is 0. The molecular weight excluding hydrogens is 196 g/mol. The van der Waals surface area contributed by atoms with Gasteiger partial charge in [-0.05, 0) is 57.2 Å². The molecule has 0 radical (unpaired) electrons. The summed E-state index contributed by atoms with van der Waals surface area (Å²) in [4.78, 5) is 4.39. The lowest BCUT2D eigenvalue weighted by Crippen LogP contribution is -2.15. The van der Waals surface area contributed by atoms with E-state index in [4.69, 9.17) is 5.73 Å². The molecule has 0 saturated heterocycles. The Balaban J connectivity index is 2.25. The average molecular weight is 216 g/mol. The van der Waals surface area contributed by atoms with Gasteiger partial charge in [-0.15, -0.1) is 0 Å². The van der Waals surface area contributed by atoms with Crippen LogP contribution in [0.1, 0.15) is 48.7 Å². The second kappa shape index (κ2) is 4.79. The summed E-state index contributed by atoms with van der Waals surface area (Å²) in [6, 6.07) is 4.28. The molecule has 0 amide bonds. The predicted molar refractivity (Wildman–Crippen MR) is 67.2 cm³/mol. The zero-order valence-corrected chi connectivity index (χ0v) is 10.2. The van der Waals surface area contributed by atoms with Crippen molar-refractivity contribution in [2.45, 2.75) is 45.6 Å². The van der Waals surface area contributed by atoms with E-state index in [-0.39, 0.29) is 6.04 Å². The fourth-order valence-corrected chi connectivity index (χ4v) is 2.41. The van der Waals surface area contributed by atoms with Crippen molar-refractivity contribution in [1.82, 2.24) is 4.98 Å². The highest BCUT2D eigenvalue weighted by atomic mass is 14.7. The first-order chi connectivity index (χ1) is 7.66. The summed E-state index contributed by atoms with van der Waals surface area (Å²) in [5.74, 6) is 0. The Morgan fingerprint density at radius 3 is 2.44 bits per heavy atom. The third-order valence-corrected chi connectivity index (χ3v) is 3.19. The Morgan fingerprint density at radius 1 is 1.19 bits per heavy atom. The van der Waals surface area contributed by atoms with Gasteiger partial charge in [0.2, 0.25) is 0 Å². The summed E-state index contributed by atoms with van der Waals surface area (Å²) in [6.07, 6.45) is 7.25. The topological polar surface area (TPSA) is 38.9 Å². The van der Waals surface area contributed by atoms with Crippen LogP contribution in [0.2, 0.25) is 0 Å². The van der Waals surface area contributed by atoms with Gasteiger partial charge in [0.25, 0.3) is 0 Å². The molecule has 0 aromatic carbocycles. The Hall–Kier alpha value is -1.15. The minimum Gasteiger partial charge on any atom is -0.321 e. The molecule has 2 N–H and O–H groups in total. The fraction of sp³-hybridized carbons (Fsp3) is 0.500. The highest BCUT2D eigenvalue weighted by Crippen LogP contribution is 2.28. The number of nitrogens with two attached hydrogens (primary N) is 1. The number of pyridine rings is 1. The molecule has 0 bridgehead atoms. The standard InChI is InChI=1S/C14H20N2/c1-10-8-13(9-11(2)16-10)14(15)12-6-4-3-5-7-12/h6,8-9,14H,3-5,7,15H2,1-2H3. The van der Waals surface area contributed by atoms with Gasteiger partial charge in [-0.1, -0.05) is 11.6 Å². The first kappa shape index (κ1) is 11.3. The third-order valence-electron chi connectivity index (χ3n) is 3.19. The lowest BCUT2D eigenvalue weighted by Gasteiger charge is -2.20. The van der Waals surface area contributed by atoms with Crippen molar-refractivity contribution < 1.29 is 0 Å². The average Bonchev–Trinajstić information content (AvgIpc) is 2.28. The van der Waals surface area contributed by atoms with Crippen LogP contribution >= 0.6 is 0 Å². The molecule has 2 nitrogen and oxygen atoms in total. The zero-order valence-electron chi connectivity index (χ0n) is 10.2. The molecule has 1 aromatic heterocycles. The Kier molecular flexibility index (Phi) is 3.39. The minimum atomic E-state index is 0.0701. The smallest absolute Gasteiger partial charge is 0.0512 e. The van der Waals surface area contributed by atoms with Crippen LogP contribution in [-0.2, 0) is 0 Å².